The largest absolute Gasteiger partial charge is 0.405 e. The zero-order valence-electron chi connectivity index (χ0n) is 13.0. The maximum Gasteiger partial charge on any atom is 0.405 e. The Bertz CT molecular complexity index is 817. The molecule has 0 fully saturated rings. The number of rotatable bonds is 6. The fourth-order valence-electron chi connectivity index (χ4n) is 1.96. The highest BCUT2D eigenvalue weighted by molar-refractivity contribution is 7.89. The van der Waals surface area contributed by atoms with Gasteiger partial charge in [0.15, 0.2) is 0 Å². The molecule has 0 aliphatic rings. The molecule has 0 unspecified atom stereocenters. The summed E-state index contributed by atoms with van der Waals surface area (Å²) in [7, 11) is -3.82. The summed E-state index contributed by atoms with van der Waals surface area (Å²) in [6.07, 6.45) is -4.51. The Morgan fingerprint density at radius 1 is 1.20 bits per heavy atom. The molecular formula is C15H15F3N2O3S2. The second kappa shape index (κ2) is 7.54. The monoisotopic (exact) mass is 392 g/mol. The van der Waals surface area contributed by atoms with Crippen LogP contribution in [-0.2, 0) is 10.0 Å². The minimum Gasteiger partial charge on any atom is -0.343 e. The number of carbonyl (C=O) groups excluding carboxylic acids is 1. The average molecular weight is 392 g/mol. The van der Waals surface area contributed by atoms with Crippen LogP contribution < -0.4 is 10.0 Å². The van der Waals surface area contributed by atoms with Gasteiger partial charge >= 0.3 is 6.18 Å². The Morgan fingerprint density at radius 3 is 2.36 bits per heavy atom. The van der Waals surface area contributed by atoms with Crippen LogP contribution in [0.3, 0.4) is 0 Å². The topological polar surface area (TPSA) is 75.3 Å². The Balaban J connectivity index is 2.06. The van der Waals surface area contributed by atoms with Crippen molar-refractivity contribution in [2.75, 3.05) is 6.54 Å². The second-order valence-corrected chi connectivity index (χ2v) is 7.87. The Kier molecular flexibility index (Phi) is 5.86. The summed E-state index contributed by atoms with van der Waals surface area (Å²) in [6, 6.07) is 7.84. The zero-order valence-corrected chi connectivity index (χ0v) is 14.6. The van der Waals surface area contributed by atoms with E-state index in [0.29, 0.717) is 0 Å². The van der Waals surface area contributed by atoms with Crippen molar-refractivity contribution in [3.05, 3.63) is 52.2 Å². The molecule has 1 amide bonds. The van der Waals surface area contributed by atoms with Crippen molar-refractivity contribution in [1.82, 2.24) is 10.0 Å². The average Bonchev–Trinajstić information content (AvgIpc) is 3.06. The van der Waals surface area contributed by atoms with Crippen molar-refractivity contribution in [3.63, 3.8) is 0 Å². The number of benzene rings is 1. The number of sulfonamides is 1. The second-order valence-electron chi connectivity index (χ2n) is 5.18. The molecule has 10 heteroatoms. The Labute approximate surface area is 146 Å². The SMILES string of the molecule is C[C@@H](NS(=O)(=O)c1ccc(C(=O)NCC(F)(F)F)cc1)c1cccs1. The molecule has 0 aliphatic heterocycles. The van der Waals surface area contributed by atoms with Crippen LogP contribution in [0.4, 0.5) is 13.2 Å². The number of thiophene rings is 1. The van der Waals surface area contributed by atoms with E-state index in [2.05, 4.69) is 4.72 Å². The molecule has 5 nitrogen and oxygen atoms in total. The highest BCUT2D eigenvalue weighted by atomic mass is 32.2. The minimum absolute atomic E-state index is 0.0606. The van der Waals surface area contributed by atoms with E-state index in [1.165, 1.54) is 23.5 Å². The molecule has 1 heterocycles. The molecule has 136 valence electrons. The van der Waals surface area contributed by atoms with Crippen LogP contribution >= 0.6 is 11.3 Å². The van der Waals surface area contributed by atoms with Gasteiger partial charge in [0.25, 0.3) is 5.91 Å². The van der Waals surface area contributed by atoms with Gasteiger partial charge in [-0.1, -0.05) is 6.07 Å². The van der Waals surface area contributed by atoms with Gasteiger partial charge in [-0.3, -0.25) is 4.79 Å². The van der Waals surface area contributed by atoms with E-state index >= 15 is 0 Å². The summed E-state index contributed by atoms with van der Waals surface area (Å²) < 4.78 is 63.4. The summed E-state index contributed by atoms with van der Waals surface area (Å²) in [4.78, 5) is 12.4. The van der Waals surface area contributed by atoms with Gasteiger partial charge in [-0.2, -0.15) is 13.2 Å². The number of hydrogen-bond acceptors (Lipinski definition) is 4. The standard InChI is InChI=1S/C15H15F3N2O3S2/c1-10(13-3-2-8-24-13)20-25(22,23)12-6-4-11(5-7-12)14(21)19-9-15(16,17)18/h2-8,10,20H,9H2,1H3,(H,19,21)/t10-/m1/s1. The first-order valence-corrected chi connectivity index (χ1v) is 9.45. The lowest BCUT2D eigenvalue weighted by molar-refractivity contribution is -0.123. The van der Waals surface area contributed by atoms with Crippen LogP contribution in [0.25, 0.3) is 0 Å². The fourth-order valence-corrected chi connectivity index (χ4v) is 4.00. The first-order chi connectivity index (χ1) is 11.6. The Hall–Kier alpha value is -1.91. The maximum atomic E-state index is 12.3. The minimum atomic E-state index is -4.51. The van der Waals surface area contributed by atoms with E-state index in [-0.39, 0.29) is 10.5 Å². The first kappa shape index (κ1) is 19.4. The Morgan fingerprint density at radius 2 is 1.84 bits per heavy atom. The van der Waals surface area contributed by atoms with Crippen LogP contribution in [0.2, 0.25) is 0 Å². The number of alkyl halides is 3. The van der Waals surface area contributed by atoms with Crippen molar-refractivity contribution in [3.8, 4) is 0 Å². The van der Waals surface area contributed by atoms with E-state index in [9.17, 15) is 26.4 Å². The molecule has 0 saturated heterocycles. The van der Waals surface area contributed by atoms with Crippen molar-refractivity contribution >= 4 is 27.3 Å². The third kappa shape index (κ3) is 5.55. The number of halogens is 3. The van der Waals surface area contributed by atoms with Crippen molar-refractivity contribution in [2.24, 2.45) is 0 Å². The van der Waals surface area contributed by atoms with Gasteiger partial charge in [-0.25, -0.2) is 13.1 Å². The van der Waals surface area contributed by atoms with Crippen LogP contribution in [0.5, 0.6) is 0 Å². The first-order valence-electron chi connectivity index (χ1n) is 7.09. The maximum absolute atomic E-state index is 12.3. The number of nitrogens with one attached hydrogen (secondary N) is 2. The van der Waals surface area contributed by atoms with Gasteiger partial charge in [-0.15, -0.1) is 11.3 Å². The fraction of sp³-hybridized carbons (Fsp3) is 0.267. The van der Waals surface area contributed by atoms with Gasteiger partial charge in [0.2, 0.25) is 10.0 Å². The van der Waals surface area contributed by atoms with Crippen LogP contribution in [0.15, 0.2) is 46.7 Å². The third-order valence-corrected chi connectivity index (χ3v) is 5.79. The summed E-state index contributed by atoms with van der Waals surface area (Å²) in [5, 5.41) is 3.55. The summed E-state index contributed by atoms with van der Waals surface area (Å²) in [6.45, 7) is 0.244. The number of amides is 1. The molecule has 0 radical (unpaired) electrons. The van der Waals surface area contributed by atoms with Crippen LogP contribution in [0.1, 0.15) is 28.2 Å². The quantitative estimate of drug-likeness (QED) is 0.793. The molecular weight excluding hydrogens is 377 g/mol. The van der Waals surface area contributed by atoms with Crippen molar-refractivity contribution in [1.29, 1.82) is 0 Å². The van der Waals surface area contributed by atoms with E-state index < -0.39 is 34.7 Å². The highest BCUT2D eigenvalue weighted by Crippen LogP contribution is 2.21. The normalized spacial score (nSPS) is 13.4. The zero-order chi connectivity index (χ0) is 18.7. The molecule has 2 aromatic rings. The molecule has 2 rings (SSSR count). The summed E-state index contributed by atoms with van der Waals surface area (Å²) in [5.74, 6) is -0.929. The summed E-state index contributed by atoms with van der Waals surface area (Å²) >= 11 is 1.41. The summed E-state index contributed by atoms with van der Waals surface area (Å²) in [5.41, 5.74) is -0.0606. The van der Waals surface area contributed by atoms with E-state index in [1.54, 1.807) is 24.4 Å². The predicted molar refractivity (Wildman–Crippen MR) is 87.9 cm³/mol. The molecule has 2 N–H and O–H groups in total. The molecule has 1 aromatic heterocycles. The molecule has 0 saturated carbocycles. The van der Waals surface area contributed by atoms with E-state index in [1.807, 2.05) is 5.38 Å². The lowest BCUT2D eigenvalue weighted by Gasteiger charge is -2.13. The molecule has 1 aromatic carbocycles. The van der Waals surface area contributed by atoms with E-state index in [4.69, 9.17) is 0 Å². The van der Waals surface area contributed by atoms with Gasteiger partial charge in [0.1, 0.15) is 6.54 Å². The predicted octanol–water partition coefficient (Wildman–Crippen LogP) is 3.08. The lowest BCUT2D eigenvalue weighted by Crippen LogP contribution is -2.33. The van der Waals surface area contributed by atoms with Crippen molar-refractivity contribution in [2.45, 2.75) is 24.0 Å². The molecule has 1 atom stereocenters. The molecule has 0 bridgehead atoms. The lowest BCUT2D eigenvalue weighted by atomic mass is 10.2. The molecule has 0 aliphatic carbocycles. The molecule has 0 spiro atoms. The van der Waals surface area contributed by atoms with Crippen LogP contribution in [0, 0.1) is 0 Å². The van der Waals surface area contributed by atoms with Crippen LogP contribution in [-0.4, -0.2) is 27.0 Å². The van der Waals surface area contributed by atoms with Gasteiger partial charge in [0, 0.05) is 10.4 Å². The smallest absolute Gasteiger partial charge is 0.343 e. The van der Waals surface area contributed by atoms with Gasteiger partial charge in [0.05, 0.1) is 10.9 Å². The van der Waals surface area contributed by atoms with E-state index in [0.717, 1.165) is 17.0 Å². The highest BCUT2D eigenvalue weighted by Gasteiger charge is 2.28. The number of hydrogen-bond donors (Lipinski definition) is 2. The molecule has 25 heavy (non-hydrogen) atoms. The van der Waals surface area contributed by atoms with Gasteiger partial charge in [-0.05, 0) is 42.6 Å². The number of carbonyl (C=O) groups is 1. The third-order valence-electron chi connectivity index (χ3n) is 3.18. The van der Waals surface area contributed by atoms with Crippen molar-refractivity contribution < 1.29 is 26.4 Å². The van der Waals surface area contributed by atoms with Gasteiger partial charge < -0.3 is 5.32 Å².